The van der Waals surface area contributed by atoms with E-state index in [-0.39, 0.29) is 0 Å². The zero-order valence-corrected chi connectivity index (χ0v) is 13.6. The van der Waals surface area contributed by atoms with Gasteiger partial charge in [0.1, 0.15) is 0 Å². The van der Waals surface area contributed by atoms with Gasteiger partial charge < -0.3 is 10.1 Å². The third-order valence-electron chi connectivity index (χ3n) is 4.61. The first kappa shape index (κ1) is 17.0. The van der Waals surface area contributed by atoms with Gasteiger partial charge in [-0.15, -0.1) is 0 Å². The monoisotopic (exact) mass is 269 g/mol. The third-order valence-corrected chi connectivity index (χ3v) is 4.61. The molecule has 4 unspecified atom stereocenters. The first-order chi connectivity index (χ1) is 9.21. The van der Waals surface area contributed by atoms with Crippen molar-refractivity contribution in [3.8, 4) is 0 Å². The lowest BCUT2D eigenvalue weighted by Crippen LogP contribution is -2.45. The average Bonchev–Trinajstić information content (AvgIpc) is 2.42. The van der Waals surface area contributed by atoms with E-state index < -0.39 is 0 Å². The van der Waals surface area contributed by atoms with Crippen molar-refractivity contribution < 1.29 is 4.74 Å². The number of nitrogens with one attached hydrogen (secondary N) is 1. The van der Waals surface area contributed by atoms with Gasteiger partial charge in [-0.25, -0.2) is 0 Å². The molecule has 1 aliphatic rings. The van der Waals surface area contributed by atoms with Crippen LogP contribution >= 0.6 is 0 Å². The molecule has 0 amide bonds. The Kier molecular flexibility index (Phi) is 8.72. The fourth-order valence-electron chi connectivity index (χ4n) is 3.17. The molecule has 0 spiro atoms. The Hall–Kier alpha value is -0.0800. The first-order valence-corrected chi connectivity index (χ1v) is 8.56. The zero-order valence-electron chi connectivity index (χ0n) is 13.6. The summed E-state index contributed by atoms with van der Waals surface area (Å²) in [7, 11) is 0. The lowest BCUT2D eigenvalue weighted by Gasteiger charge is -2.36. The Morgan fingerprint density at radius 1 is 1.21 bits per heavy atom. The smallest absolute Gasteiger partial charge is 0.0730 e. The number of likely N-dealkylation sites (N-methyl/N-ethyl adjacent to an activating group) is 1. The predicted molar refractivity (Wildman–Crippen MR) is 83.5 cm³/mol. The van der Waals surface area contributed by atoms with Crippen LogP contribution in [-0.4, -0.2) is 25.3 Å². The zero-order chi connectivity index (χ0) is 14.1. The van der Waals surface area contributed by atoms with Gasteiger partial charge in [-0.2, -0.15) is 0 Å². The summed E-state index contributed by atoms with van der Waals surface area (Å²) in [5, 5.41) is 3.62. The summed E-state index contributed by atoms with van der Waals surface area (Å²) in [4.78, 5) is 0. The van der Waals surface area contributed by atoms with Crippen molar-refractivity contribution in [3.63, 3.8) is 0 Å². The van der Waals surface area contributed by atoms with Crippen LogP contribution in [0.4, 0.5) is 0 Å². The Balaban J connectivity index is 2.37. The van der Waals surface area contributed by atoms with Crippen LogP contribution in [0, 0.1) is 11.8 Å². The molecule has 0 saturated heterocycles. The van der Waals surface area contributed by atoms with Crippen LogP contribution in [0.2, 0.25) is 0 Å². The highest BCUT2D eigenvalue weighted by Crippen LogP contribution is 2.27. The van der Waals surface area contributed by atoms with Gasteiger partial charge in [0.25, 0.3) is 0 Å². The molecule has 2 heteroatoms. The standard InChI is InChI=1S/C17H35NO/c1-5-8-9-15(6-2)13-19-17-12-14(4)10-11-16(17)18-7-3/h14-18H,5-13H2,1-4H3. The Labute approximate surface area is 120 Å². The summed E-state index contributed by atoms with van der Waals surface area (Å²) in [5.41, 5.74) is 0. The van der Waals surface area contributed by atoms with E-state index in [0.29, 0.717) is 12.1 Å². The molecule has 1 aliphatic carbocycles. The van der Waals surface area contributed by atoms with Crippen molar-refractivity contribution in [2.45, 2.75) is 84.8 Å². The van der Waals surface area contributed by atoms with Crippen molar-refractivity contribution in [2.75, 3.05) is 13.2 Å². The maximum atomic E-state index is 6.31. The fraction of sp³-hybridized carbons (Fsp3) is 1.00. The van der Waals surface area contributed by atoms with Gasteiger partial charge in [-0.05, 0) is 44.1 Å². The van der Waals surface area contributed by atoms with Crippen molar-refractivity contribution in [3.05, 3.63) is 0 Å². The molecule has 1 saturated carbocycles. The van der Waals surface area contributed by atoms with Crippen LogP contribution in [0.1, 0.15) is 72.6 Å². The molecule has 1 N–H and O–H groups in total. The minimum absolute atomic E-state index is 0.444. The Morgan fingerprint density at radius 3 is 2.63 bits per heavy atom. The van der Waals surface area contributed by atoms with Gasteiger partial charge in [-0.1, -0.05) is 47.0 Å². The summed E-state index contributed by atoms with van der Waals surface area (Å²) >= 11 is 0. The van der Waals surface area contributed by atoms with E-state index in [9.17, 15) is 0 Å². The van der Waals surface area contributed by atoms with Gasteiger partial charge in [0.05, 0.1) is 6.10 Å². The molecular formula is C17H35NO. The fourth-order valence-corrected chi connectivity index (χ4v) is 3.17. The molecule has 0 bridgehead atoms. The maximum absolute atomic E-state index is 6.31. The van der Waals surface area contributed by atoms with Crippen LogP contribution in [0.5, 0.6) is 0 Å². The van der Waals surface area contributed by atoms with E-state index in [0.717, 1.165) is 25.0 Å². The van der Waals surface area contributed by atoms with Crippen LogP contribution < -0.4 is 5.32 Å². The molecular weight excluding hydrogens is 234 g/mol. The Bertz CT molecular complexity index is 219. The second kappa shape index (κ2) is 9.77. The van der Waals surface area contributed by atoms with E-state index in [1.807, 2.05) is 0 Å². The van der Waals surface area contributed by atoms with Gasteiger partial charge in [0.15, 0.2) is 0 Å². The molecule has 114 valence electrons. The minimum Gasteiger partial charge on any atom is -0.376 e. The maximum Gasteiger partial charge on any atom is 0.0730 e. The normalized spacial score (nSPS) is 29.4. The van der Waals surface area contributed by atoms with Gasteiger partial charge >= 0.3 is 0 Å². The highest BCUT2D eigenvalue weighted by molar-refractivity contribution is 4.84. The van der Waals surface area contributed by atoms with E-state index in [1.54, 1.807) is 0 Å². The summed E-state index contributed by atoms with van der Waals surface area (Å²) < 4.78 is 6.31. The molecule has 1 rings (SSSR count). The van der Waals surface area contributed by atoms with Gasteiger partial charge in [-0.3, -0.25) is 0 Å². The van der Waals surface area contributed by atoms with Crippen molar-refractivity contribution in [2.24, 2.45) is 11.8 Å². The summed E-state index contributed by atoms with van der Waals surface area (Å²) in [6.07, 6.45) is 9.56. The van der Waals surface area contributed by atoms with Crippen molar-refractivity contribution >= 4 is 0 Å². The number of ether oxygens (including phenoxy) is 1. The molecule has 0 aromatic rings. The molecule has 4 atom stereocenters. The lowest BCUT2D eigenvalue weighted by atomic mass is 9.85. The highest BCUT2D eigenvalue weighted by atomic mass is 16.5. The largest absolute Gasteiger partial charge is 0.376 e. The van der Waals surface area contributed by atoms with Crippen LogP contribution in [-0.2, 0) is 4.74 Å². The quantitative estimate of drug-likeness (QED) is 0.670. The minimum atomic E-state index is 0.444. The second-order valence-corrected chi connectivity index (χ2v) is 6.37. The van der Waals surface area contributed by atoms with Crippen LogP contribution in [0.3, 0.4) is 0 Å². The molecule has 1 fully saturated rings. The van der Waals surface area contributed by atoms with Crippen molar-refractivity contribution in [1.82, 2.24) is 5.32 Å². The molecule has 0 aliphatic heterocycles. The van der Waals surface area contributed by atoms with Crippen LogP contribution in [0.15, 0.2) is 0 Å². The van der Waals surface area contributed by atoms with Gasteiger partial charge in [0, 0.05) is 12.6 Å². The second-order valence-electron chi connectivity index (χ2n) is 6.37. The Morgan fingerprint density at radius 2 is 2.00 bits per heavy atom. The number of hydrogen-bond donors (Lipinski definition) is 1. The van der Waals surface area contributed by atoms with E-state index >= 15 is 0 Å². The number of unbranched alkanes of at least 4 members (excludes halogenated alkanes) is 1. The van der Waals surface area contributed by atoms with Crippen LogP contribution in [0.25, 0.3) is 0 Å². The topological polar surface area (TPSA) is 21.3 Å². The lowest BCUT2D eigenvalue weighted by molar-refractivity contribution is -0.0250. The number of rotatable bonds is 9. The molecule has 19 heavy (non-hydrogen) atoms. The van der Waals surface area contributed by atoms with Gasteiger partial charge in [0.2, 0.25) is 0 Å². The highest BCUT2D eigenvalue weighted by Gasteiger charge is 2.29. The molecule has 0 aromatic carbocycles. The van der Waals surface area contributed by atoms with Crippen molar-refractivity contribution in [1.29, 1.82) is 0 Å². The molecule has 0 radical (unpaired) electrons. The molecule has 2 nitrogen and oxygen atoms in total. The SMILES string of the molecule is CCCCC(CC)COC1CC(C)CCC1NCC. The van der Waals surface area contributed by atoms with E-state index in [2.05, 4.69) is 33.0 Å². The first-order valence-electron chi connectivity index (χ1n) is 8.56. The average molecular weight is 269 g/mol. The van der Waals surface area contributed by atoms with E-state index in [4.69, 9.17) is 4.74 Å². The van der Waals surface area contributed by atoms with E-state index in [1.165, 1.54) is 44.9 Å². The third kappa shape index (κ3) is 6.27. The molecule has 0 aromatic heterocycles. The summed E-state index contributed by atoms with van der Waals surface area (Å²) in [6, 6.07) is 0.588. The predicted octanol–water partition coefficient (Wildman–Crippen LogP) is 4.39. The summed E-state index contributed by atoms with van der Waals surface area (Å²) in [5.74, 6) is 1.59. The number of hydrogen-bond acceptors (Lipinski definition) is 2. The molecule has 0 heterocycles. The summed E-state index contributed by atoms with van der Waals surface area (Å²) in [6.45, 7) is 11.2.